The molecule has 2 aliphatic heterocycles. The first-order valence-electron chi connectivity index (χ1n) is 12.0. The van der Waals surface area contributed by atoms with Crippen LogP contribution >= 0.6 is 0 Å². The second-order valence-corrected chi connectivity index (χ2v) is 9.68. The first-order valence-corrected chi connectivity index (χ1v) is 12.0. The molecule has 2 atom stereocenters. The van der Waals surface area contributed by atoms with Crippen molar-refractivity contribution >= 4 is 17.2 Å². The number of carbonyl (C=O) groups excluding carboxylic acids is 1. The lowest BCUT2D eigenvalue weighted by atomic mass is 9.79. The normalized spacial score (nSPS) is 20.2. The van der Waals surface area contributed by atoms with Crippen LogP contribution in [0.5, 0.6) is 5.75 Å². The van der Waals surface area contributed by atoms with Gasteiger partial charge in [-0.05, 0) is 88.8 Å². The molecule has 5 heteroatoms. The van der Waals surface area contributed by atoms with Gasteiger partial charge in [-0.2, -0.15) is 0 Å². The Morgan fingerprint density at radius 1 is 1.15 bits per heavy atom. The molecule has 0 spiro atoms. The second kappa shape index (κ2) is 8.71. The summed E-state index contributed by atoms with van der Waals surface area (Å²) in [7, 11) is 0. The van der Waals surface area contributed by atoms with Crippen molar-refractivity contribution in [1.82, 2.24) is 0 Å². The van der Waals surface area contributed by atoms with Gasteiger partial charge < -0.3 is 10.1 Å². The Hall–Kier alpha value is -3.47. The van der Waals surface area contributed by atoms with Crippen LogP contribution in [-0.4, -0.2) is 12.5 Å². The van der Waals surface area contributed by atoms with Crippen molar-refractivity contribution in [2.75, 3.05) is 11.9 Å². The fourth-order valence-corrected chi connectivity index (χ4v) is 5.51. The fourth-order valence-electron chi connectivity index (χ4n) is 5.51. The van der Waals surface area contributed by atoms with Crippen LogP contribution in [0.4, 0.5) is 5.69 Å². The molecule has 1 N–H and O–H groups in total. The highest BCUT2D eigenvalue weighted by atomic mass is 16.5. The van der Waals surface area contributed by atoms with Crippen LogP contribution in [0.15, 0.2) is 47.7 Å². The molecule has 0 saturated carbocycles. The summed E-state index contributed by atoms with van der Waals surface area (Å²) in [5.74, 6) is 1.12. The minimum Gasteiger partial charge on any atom is -0.493 e. The van der Waals surface area contributed by atoms with Crippen LogP contribution in [0.1, 0.15) is 59.6 Å². The maximum atomic E-state index is 12.2. The van der Waals surface area contributed by atoms with Gasteiger partial charge >= 0.3 is 0 Å². The van der Waals surface area contributed by atoms with Crippen LogP contribution in [0, 0.1) is 24.7 Å². The van der Waals surface area contributed by atoms with Gasteiger partial charge in [0, 0.05) is 23.0 Å². The van der Waals surface area contributed by atoms with E-state index in [-0.39, 0.29) is 6.42 Å². The molecule has 0 radical (unpaired) electrons. The van der Waals surface area contributed by atoms with Crippen molar-refractivity contribution in [2.24, 2.45) is 11.1 Å². The summed E-state index contributed by atoms with van der Waals surface area (Å²) >= 11 is 0. The molecule has 0 fully saturated rings. The Morgan fingerprint density at radius 2 is 1.97 bits per heavy atom. The first-order chi connectivity index (χ1) is 16.4. The molecule has 34 heavy (non-hydrogen) atoms. The van der Waals surface area contributed by atoms with Gasteiger partial charge in [0.05, 0.1) is 13.0 Å². The summed E-state index contributed by atoms with van der Waals surface area (Å²) in [6.07, 6.45) is 11.6. The SMILES string of the molecule is Cc1c(CC(=O)N=O)c(C2=CC=CC(C)C=C2)c(C)c2c1NCc1cc3c(cc1-2)OCCC3C. The van der Waals surface area contributed by atoms with Gasteiger partial charge in [0.2, 0.25) is 0 Å². The number of nitroso groups, excluding NO2 is 1. The second-order valence-electron chi connectivity index (χ2n) is 9.68. The smallest absolute Gasteiger partial charge is 0.290 e. The van der Waals surface area contributed by atoms with Gasteiger partial charge in [-0.15, -0.1) is 4.91 Å². The van der Waals surface area contributed by atoms with Gasteiger partial charge in [-0.1, -0.05) is 44.2 Å². The average Bonchev–Trinajstić information content (AvgIpc) is 3.05. The Labute approximate surface area is 200 Å². The Morgan fingerprint density at radius 3 is 2.76 bits per heavy atom. The molecule has 1 amide bonds. The summed E-state index contributed by atoms with van der Waals surface area (Å²) in [6, 6.07) is 4.50. The number of nitrogens with one attached hydrogen (secondary N) is 1. The third-order valence-corrected chi connectivity index (χ3v) is 7.42. The molecular formula is C29H30N2O3. The van der Waals surface area contributed by atoms with Crippen molar-refractivity contribution in [3.8, 4) is 16.9 Å². The van der Waals surface area contributed by atoms with E-state index in [4.69, 9.17) is 4.74 Å². The van der Waals surface area contributed by atoms with Gasteiger partial charge in [0.25, 0.3) is 5.91 Å². The van der Waals surface area contributed by atoms with Gasteiger partial charge in [0.15, 0.2) is 0 Å². The van der Waals surface area contributed by atoms with E-state index in [1.54, 1.807) is 0 Å². The van der Waals surface area contributed by atoms with E-state index in [1.807, 2.05) is 6.92 Å². The van der Waals surface area contributed by atoms with E-state index in [2.05, 4.69) is 73.8 Å². The zero-order chi connectivity index (χ0) is 24.0. The zero-order valence-electron chi connectivity index (χ0n) is 20.2. The van der Waals surface area contributed by atoms with Crippen molar-refractivity contribution in [3.05, 3.63) is 80.8 Å². The monoisotopic (exact) mass is 454 g/mol. The molecule has 5 rings (SSSR count). The highest BCUT2D eigenvalue weighted by Crippen LogP contribution is 2.48. The molecule has 174 valence electrons. The van der Waals surface area contributed by atoms with Crippen LogP contribution in [0.3, 0.4) is 0 Å². The van der Waals surface area contributed by atoms with E-state index in [0.29, 0.717) is 18.4 Å². The largest absolute Gasteiger partial charge is 0.493 e. The van der Waals surface area contributed by atoms with E-state index < -0.39 is 5.91 Å². The number of ether oxygens (including phenoxy) is 1. The third-order valence-electron chi connectivity index (χ3n) is 7.42. The zero-order valence-corrected chi connectivity index (χ0v) is 20.2. The number of allylic oxidation sites excluding steroid dienone is 6. The lowest BCUT2D eigenvalue weighted by Crippen LogP contribution is -2.18. The fraction of sp³-hybridized carbons (Fsp3) is 0.345. The molecule has 2 aromatic carbocycles. The van der Waals surface area contributed by atoms with Crippen molar-refractivity contribution in [1.29, 1.82) is 0 Å². The number of anilines is 1. The van der Waals surface area contributed by atoms with Gasteiger partial charge in [-0.3, -0.25) is 4.79 Å². The number of amides is 1. The summed E-state index contributed by atoms with van der Waals surface area (Å²) in [6.45, 7) is 9.99. The number of hydrogen-bond donors (Lipinski definition) is 1. The molecule has 0 saturated heterocycles. The third kappa shape index (κ3) is 3.69. The molecular weight excluding hydrogens is 424 g/mol. The minimum atomic E-state index is -0.654. The van der Waals surface area contributed by atoms with E-state index in [9.17, 15) is 9.70 Å². The molecule has 2 unspecified atom stereocenters. The van der Waals surface area contributed by atoms with Crippen LogP contribution in [-0.2, 0) is 17.8 Å². The summed E-state index contributed by atoms with van der Waals surface area (Å²) in [5.41, 5.74) is 10.9. The van der Waals surface area contributed by atoms with Crippen LogP contribution < -0.4 is 10.1 Å². The molecule has 3 aliphatic rings. The van der Waals surface area contributed by atoms with Crippen LogP contribution in [0.2, 0.25) is 0 Å². The number of carbonyl (C=O) groups is 1. The Balaban J connectivity index is 1.78. The Kier molecular flexibility index (Phi) is 5.72. The molecule has 1 aliphatic carbocycles. The summed E-state index contributed by atoms with van der Waals surface area (Å²) in [5, 5.41) is 6.32. The predicted octanol–water partition coefficient (Wildman–Crippen LogP) is 6.76. The first kappa shape index (κ1) is 22.3. The number of rotatable bonds is 3. The number of nitrogens with zero attached hydrogens (tertiary/aromatic N) is 1. The van der Waals surface area contributed by atoms with Crippen molar-refractivity contribution in [2.45, 2.75) is 53.0 Å². The average molecular weight is 455 g/mol. The predicted molar refractivity (Wildman–Crippen MR) is 137 cm³/mol. The molecule has 0 bridgehead atoms. The van der Waals surface area contributed by atoms with Gasteiger partial charge in [0.1, 0.15) is 5.75 Å². The van der Waals surface area contributed by atoms with Gasteiger partial charge in [-0.25, -0.2) is 0 Å². The summed E-state index contributed by atoms with van der Waals surface area (Å²) < 4.78 is 6.07. The van der Waals surface area contributed by atoms with E-state index in [0.717, 1.165) is 57.9 Å². The standard InChI is InChI=1S/C29H30N2O3/c1-16-6-5-7-20(9-8-16)27-19(4)28-24-13-25-22(17(2)10-11-34-25)12-21(24)15-30-29(28)18(3)23(27)14-26(32)31-33/h5-9,12-13,16-17,30H,10-11,14-15H2,1-4H3. The highest BCUT2D eigenvalue weighted by molar-refractivity contribution is 5.96. The quantitative estimate of drug-likeness (QED) is 0.520. The molecule has 5 nitrogen and oxygen atoms in total. The molecule has 2 heterocycles. The lowest BCUT2D eigenvalue weighted by molar-refractivity contribution is -0.117. The molecule has 0 aromatic heterocycles. The van der Waals surface area contributed by atoms with E-state index >= 15 is 0 Å². The topological polar surface area (TPSA) is 67.8 Å². The Bertz CT molecular complexity index is 1300. The van der Waals surface area contributed by atoms with Crippen molar-refractivity contribution in [3.63, 3.8) is 0 Å². The number of benzene rings is 2. The minimum absolute atomic E-state index is 0.0113. The molecule has 2 aromatic rings. The summed E-state index contributed by atoms with van der Waals surface area (Å²) in [4.78, 5) is 23.2. The van der Waals surface area contributed by atoms with Crippen LogP contribution in [0.25, 0.3) is 16.7 Å². The lowest BCUT2D eigenvalue weighted by Gasteiger charge is -2.32. The maximum Gasteiger partial charge on any atom is 0.290 e. The van der Waals surface area contributed by atoms with Crippen molar-refractivity contribution < 1.29 is 9.53 Å². The van der Waals surface area contributed by atoms with E-state index in [1.165, 1.54) is 16.7 Å². The number of hydrogen-bond acceptors (Lipinski definition) is 4. The number of fused-ring (bicyclic) bond motifs is 4. The maximum absolute atomic E-state index is 12.2. The highest BCUT2D eigenvalue weighted by Gasteiger charge is 2.29.